The van der Waals surface area contributed by atoms with Crippen LogP contribution in [0.25, 0.3) is 21.7 Å². The van der Waals surface area contributed by atoms with Gasteiger partial charge in [0, 0.05) is 16.8 Å². The monoisotopic (exact) mass is 415 g/mol. The molecule has 8 heteroatoms. The summed E-state index contributed by atoms with van der Waals surface area (Å²) in [4.78, 5) is 23.3. The largest absolute Gasteiger partial charge is 0.431 e. The van der Waals surface area contributed by atoms with Crippen LogP contribution in [0.15, 0.2) is 51.4 Å². The number of oxazole rings is 1. The van der Waals surface area contributed by atoms with Crippen LogP contribution in [0, 0.1) is 6.92 Å². The van der Waals surface area contributed by atoms with Gasteiger partial charge in [0.15, 0.2) is 5.58 Å². The molecule has 0 unspecified atom stereocenters. The summed E-state index contributed by atoms with van der Waals surface area (Å²) in [6.45, 7) is 2.63. The highest BCUT2D eigenvalue weighted by molar-refractivity contribution is 7.99. The number of aryl methyl sites for hydroxylation is 1. The van der Waals surface area contributed by atoms with Crippen LogP contribution < -0.4 is 5.32 Å². The molecule has 1 amide bonds. The number of nitrogens with one attached hydrogen (secondary N) is 1. The number of para-hydroxylation sites is 2. The van der Waals surface area contributed by atoms with E-state index < -0.39 is 0 Å². The number of thiazole rings is 1. The van der Waals surface area contributed by atoms with Crippen molar-refractivity contribution in [2.45, 2.75) is 18.6 Å². The van der Waals surface area contributed by atoms with Crippen LogP contribution in [-0.4, -0.2) is 28.2 Å². The summed E-state index contributed by atoms with van der Waals surface area (Å²) in [5, 5.41) is 6.63. The fourth-order valence-electron chi connectivity index (χ4n) is 2.54. The number of thiophene rings is 1. The fourth-order valence-corrected chi connectivity index (χ4v) is 4.87. The number of aromatic nitrogens is 2. The van der Waals surface area contributed by atoms with Crippen molar-refractivity contribution >= 4 is 51.4 Å². The Labute approximate surface area is 168 Å². The molecule has 0 saturated heterocycles. The van der Waals surface area contributed by atoms with E-state index in [1.807, 2.05) is 31.2 Å². The zero-order chi connectivity index (χ0) is 18.6. The first-order valence-electron chi connectivity index (χ1n) is 8.44. The topological polar surface area (TPSA) is 68.0 Å². The molecule has 0 aliphatic heterocycles. The lowest BCUT2D eigenvalue weighted by molar-refractivity contribution is -0.118. The van der Waals surface area contributed by atoms with Crippen molar-refractivity contribution < 1.29 is 9.21 Å². The summed E-state index contributed by atoms with van der Waals surface area (Å²) in [5.74, 6) is 0.273. The third kappa shape index (κ3) is 4.58. The number of carbonyl (C=O) groups is 1. The lowest BCUT2D eigenvalue weighted by Gasteiger charge is -2.02. The molecule has 0 atom stereocenters. The van der Waals surface area contributed by atoms with Crippen molar-refractivity contribution in [2.75, 3.05) is 12.3 Å². The van der Waals surface area contributed by atoms with Gasteiger partial charge >= 0.3 is 0 Å². The minimum Gasteiger partial charge on any atom is -0.431 e. The van der Waals surface area contributed by atoms with Crippen molar-refractivity contribution in [1.29, 1.82) is 0 Å². The third-order valence-corrected chi connectivity index (χ3v) is 6.60. The van der Waals surface area contributed by atoms with Crippen molar-refractivity contribution in [2.24, 2.45) is 0 Å². The number of rotatable bonds is 7. The molecular formula is C19H17N3O2S3. The van der Waals surface area contributed by atoms with E-state index in [-0.39, 0.29) is 5.91 Å². The molecule has 138 valence electrons. The number of nitrogens with zero attached hydrogens (tertiary/aromatic N) is 2. The Bertz CT molecular complexity index is 1030. The Morgan fingerprint density at radius 2 is 2.11 bits per heavy atom. The summed E-state index contributed by atoms with van der Waals surface area (Å²) in [6, 6.07) is 11.8. The zero-order valence-electron chi connectivity index (χ0n) is 14.6. The Morgan fingerprint density at radius 3 is 2.93 bits per heavy atom. The Balaban J connectivity index is 1.23. The number of hydrogen-bond acceptors (Lipinski definition) is 7. The van der Waals surface area contributed by atoms with Gasteiger partial charge < -0.3 is 9.73 Å². The Morgan fingerprint density at radius 1 is 1.22 bits per heavy atom. The SMILES string of the molecule is Cc1nc(-c2ccc(CCNC(=O)CSc3nc4ccccc4o3)s2)cs1. The number of hydrogen-bond donors (Lipinski definition) is 1. The number of benzene rings is 1. The summed E-state index contributed by atoms with van der Waals surface area (Å²) in [5.41, 5.74) is 2.58. The number of fused-ring (bicyclic) bond motifs is 1. The van der Waals surface area contributed by atoms with Crippen LogP contribution in [0.2, 0.25) is 0 Å². The van der Waals surface area contributed by atoms with Crippen molar-refractivity contribution in [3.8, 4) is 10.6 Å². The van der Waals surface area contributed by atoms with Gasteiger partial charge in [0.25, 0.3) is 5.22 Å². The van der Waals surface area contributed by atoms with Gasteiger partial charge in [-0.3, -0.25) is 4.79 Å². The number of thioether (sulfide) groups is 1. The number of amides is 1. The van der Waals surface area contributed by atoms with E-state index in [1.165, 1.54) is 21.5 Å². The van der Waals surface area contributed by atoms with E-state index in [2.05, 4.69) is 32.8 Å². The van der Waals surface area contributed by atoms with E-state index in [0.717, 1.165) is 28.2 Å². The van der Waals surface area contributed by atoms with Crippen molar-refractivity contribution in [3.05, 3.63) is 51.7 Å². The first-order chi connectivity index (χ1) is 13.2. The average Bonchev–Trinajstić information content (AvgIpc) is 3.38. The molecule has 0 fully saturated rings. The Hall–Kier alpha value is -2.16. The molecule has 0 aliphatic rings. The molecule has 0 aliphatic carbocycles. The molecule has 0 saturated carbocycles. The van der Waals surface area contributed by atoms with Crippen molar-refractivity contribution in [3.63, 3.8) is 0 Å². The van der Waals surface area contributed by atoms with Crippen molar-refractivity contribution in [1.82, 2.24) is 15.3 Å². The van der Waals surface area contributed by atoms with E-state index in [4.69, 9.17) is 4.42 Å². The predicted octanol–water partition coefficient (Wildman–Crippen LogP) is 4.77. The molecule has 0 radical (unpaired) electrons. The van der Waals surface area contributed by atoms with E-state index in [9.17, 15) is 4.79 Å². The fraction of sp³-hybridized carbons (Fsp3) is 0.211. The predicted molar refractivity (Wildman–Crippen MR) is 112 cm³/mol. The highest BCUT2D eigenvalue weighted by atomic mass is 32.2. The minimum atomic E-state index is -0.0193. The first kappa shape index (κ1) is 18.2. The third-order valence-electron chi connectivity index (χ3n) is 3.83. The van der Waals surface area contributed by atoms with E-state index in [1.54, 1.807) is 22.7 Å². The second-order valence-electron chi connectivity index (χ2n) is 5.85. The molecule has 0 spiro atoms. The van der Waals surface area contributed by atoms with Crippen LogP contribution >= 0.6 is 34.4 Å². The summed E-state index contributed by atoms with van der Waals surface area (Å²) in [7, 11) is 0. The standard InChI is InChI=1S/C19H17N3O2S3/c1-12-21-15(10-25-12)17-7-6-13(27-17)8-9-20-18(23)11-26-19-22-14-4-2-3-5-16(14)24-19/h2-7,10H,8-9,11H2,1H3,(H,20,23). The van der Waals surface area contributed by atoms with Gasteiger partial charge in [-0.2, -0.15) is 0 Å². The molecule has 5 nitrogen and oxygen atoms in total. The molecule has 3 aromatic heterocycles. The van der Waals surface area contributed by atoms with E-state index >= 15 is 0 Å². The van der Waals surface area contributed by atoms with Crippen LogP contribution in [-0.2, 0) is 11.2 Å². The summed E-state index contributed by atoms with van der Waals surface area (Å²) in [6.07, 6.45) is 0.813. The molecule has 3 heterocycles. The molecular weight excluding hydrogens is 398 g/mol. The molecule has 27 heavy (non-hydrogen) atoms. The van der Waals surface area contributed by atoms with Crippen LogP contribution in [0.4, 0.5) is 0 Å². The second-order valence-corrected chi connectivity index (χ2v) is 9.01. The smallest absolute Gasteiger partial charge is 0.257 e. The highest BCUT2D eigenvalue weighted by Crippen LogP contribution is 2.29. The highest BCUT2D eigenvalue weighted by Gasteiger charge is 2.10. The van der Waals surface area contributed by atoms with Gasteiger partial charge in [0.05, 0.1) is 21.3 Å². The maximum Gasteiger partial charge on any atom is 0.257 e. The second kappa shape index (κ2) is 8.24. The maximum atomic E-state index is 12.0. The lowest BCUT2D eigenvalue weighted by atomic mass is 10.3. The van der Waals surface area contributed by atoms with E-state index in [0.29, 0.717) is 17.5 Å². The van der Waals surface area contributed by atoms with Gasteiger partial charge in [-0.25, -0.2) is 9.97 Å². The molecule has 4 aromatic rings. The summed E-state index contributed by atoms with van der Waals surface area (Å²) >= 11 is 4.69. The van der Waals surface area contributed by atoms with Crippen LogP contribution in [0.1, 0.15) is 9.88 Å². The molecule has 4 rings (SSSR count). The van der Waals surface area contributed by atoms with Gasteiger partial charge in [0.1, 0.15) is 5.52 Å². The molecule has 1 N–H and O–H groups in total. The minimum absolute atomic E-state index is 0.0193. The summed E-state index contributed by atoms with van der Waals surface area (Å²) < 4.78 is 5.61. The lowest BCUT2D eigenvalue weighted by Crippen LogP contribution is -2.27. The van der Waals surface area contributed by atoms with Crippen LogP contribution in [0.5, 0.6) is 0 Å². The van der Waals surface area contributed by atoms with Gasteiger partial charge in [-0.15, -0.1) is 22.7 Å². The molecule has 1 aromatic carbocycles. The van der Waals surface area contributed by atoms with Crippen LogP contribution in [0.3, 0.4) is 0 Å². The average molecular weight is 416 g/mol. The Kier molecular flexibility index (Phi) is 5.56. The molecule has 0 bridgehead atoms. The number of carbonyl (C=O) groups excluding carboxylic acids is 1. The first-order valence-corrected chi connectivity index (χ1v) is 11.1. The van der Waals surface area contributed by atoms with Gasteiger partial charge in [-0.1, -0.05) is 23.9 Å². The quantitative estimate of drug-likeness (QED) is 0.440. The van der Waals surface area contributed by atoms with Gasteiger partial charge in [-0.05, 0) is 37.6 Å². The van der Waals surface area contributed by atoms with Gasteiger partial charge in [0.2, 0.25) is 5.91 Å². The maximum absolute atomic E-state index is 12.0. The normalized spacial score (nSPS) is 11.1. The zero-order valence-corrected chi connectivity index (χ0v) is 17.0.